The summed E-state index contributed by atoms with van der Waals surface area (Å²) in [5.74, 6) is 0. The van der Waals surface area contributed by atoms with Crippen molar-refractivity contribution in [3.8, 4) is 0 Å². The third-order valence-electron chi connectivity index (χ3n) is 3.61. The fourth-order valence-corrected chi connectivity index (χ4v) is 2.77. The molecular formula is C18H17ClN2. The van der Waals surface area contributed by atoms with Gasteiger partial charge < -0.3 is 4.90 Å². The normalized spacial score (nSPS) is 10.8. The molecule has 1 aromatic heterocycles. The molecule has 3 rings (SSSR count). The summed E-state index contributed by atoms with van der Waals surface area (Å²) in [5, 5.41) is 3.07. The summed E-state index contributed by atoms with van der Waals surface area (Å²) in [6.07, 6.45) is 0. The van der Waals surface area contributed by atoms with Crippen LogP contribution in [0, 0.1) is 0 Å². The number of nitrogens with zero attached hydrogens (tertiary/aromatic N) is 2. The molecule has 0 saturated carbocycles. The van der Waals surface area contributed by atoms with E-state index in [0.29, 0.717) is 5.15 Å². The molecule has 1 heterocycles. The number of benzene rings is 2. The molecule has 0 spiro atoms. The highest BCUT2D eigenvalue weighted by Gasteiger charge is 2.09. The van der Waals surface area contributed by atoms with Crippen molar-refractivity contribution in [3.63, 3.8) is 0 Å². The van der Waals surface area contributed by atoms with E-state index in [9.17, 15) is 0 Å². The maximum atomic E-state index is 5.98. The van der Waals surface area contributed by atoms with Crippen LogP contribution < -0.4 is 4.90 Å². The molecule has 3 aromatic rings. The molecule has 0 radical (unpaired) electrons. The van der Waals surface area contributed by atoms with Gasteiger partial charge in [0.15, 0.2) is 0 Å². The molecule has 0 atom stereocenters. The molecule has 0 unspecified atom stereocenters. The summed E-state index contributed by atoms with van der Waals surface area (Å²) < 4.78 is 0. The summed E-state index contributed by atoms with van der Waals surface area (Å²) in [6.45, 7) is 3.83. The van der Waals surface area contributed by atoms with Gasteiger partial charge >= 0.3 is 0 Å². The fraction of sp³-hybridized carbons (Fsp3) is 0.167. The Labute approximate surface area is 130 Å². The van der Waals surface area contributed by atoms with Crippen LogP contribution in [0.2, 0.25) is 5.15 Å². The first-order chi connectivity index (χ1) is 10.3. The Morgan fingerprint density at radius 1 is 0.952 bits per heavy atom. The highest BCUT2D eigenvalue weighted by molar-refractivity contribution is 6.29. The van der Waals surface area contributed by atoms with Crippen molar-refractivity contribution in [2.45, 2.75) is 13.5 Å². The van der Waals surface area contributed by atoms with Crippen LogP contribution in [0.3, 0.4) is 0 Å². The second kappa shape index (κ2) is 6.15. The highest BCUT2D eigenvalue weighted by atomic mass is 35.5. The molecule has 0 bridgehead atoms. The third-order valence-corrected chi connectivity index (χ3v) is 3.83. The smallest absolute Gasteiger partial charge is 0.129 e. The number of fused-ring (bicyclic) bond motifs is 1. The molecule has 21 heavy (non-hydrogen) atoms. The van der Waals surface area contributed by atoms with Gasteiger partial charge in [-0.05, 0) is 30.5 Å². The number of pyridine rings is 1. The predicted molar refractivity (Wildman–Crippen MR) is 89.9 cm³/mol. The molecule has 0 aliphatic rings. The summed E-state index contributed by atoms with van der Waals surface area (Å²) >= 11 is 5.98. The molecule has 0 amide bonds. The van der Waals surface area contributed by atoms with E-state index in [1.54, 1.807) is 6.07 Å². The zero-order valence-electron chi connectivity index (χ0n) is 12.0. The average molecular weight is 297 g/mol. The van der Waals surface area contributed by atoms with Gasteiger partial charge in [-0.25, -0.2) is 4.98 Å². The maximum Gasteiger partial charge on any atom is 0.129 e. The van der Waals surface area contributed by atoms with Crippen molar-refractivity contribution in [1.29, 1.82) is 0 Å². The Kier molecular flexibility index (Phi) is 4.07. The Bertz CT molecular complexity index is 750. The van der Waals surface area contributed by atoms with Crippen molar-refractivity contribution >= 4 is 28.1 Å². The largest absolute Gasteiger partial charge is 0.365 e. The van der Waals surface area contributed by atoms with Crippen LogP contribution in [0.4, 0.5) is 5.69 Å². The maximum absolute atomic E-state index is 5.98. The number of halogens is 1. The molecule has 2 aromatic carbocycles. The van der Waals surface area contributed by atoms with Crippen LogP contribution in [0.15, 0.2) is 60.7 Å². The van der Waals surface area contributed by atoms with Crippen molar-refractivity contribution in [2.75, 3.05) is 11.4 Å². The van der Waals surface area contributed by atoms with E-state index in [4.69, 9.17) is 11.6 Å². The second-order valence-corrected chi connectivity index (χ2v) is 5.35. The molecule has 106 valence electrons. The second-order valence-electron chi connectivity index (χ2n) is 4.96. The van der Waals surface area contributed by atoms with Crippen LogP contribution >= 0.6 is 11.6 Å². The van der Waals surface area contributed by atoms with Gasteiger partial charge in [-0.1, -0.05) is 54.1 Å². The average Bonchev–Trinajstić information content (AvgIpc) is 2.52. The zero-order valence-corrected chi connectivity index (χ0v) is 12.7. The molecule has 2 nitrogen and oxygen atoms in total. The SMILES string of the molecule is CCN(Cc1cccc(Cl)n1)c1cccc2ccccc12. The molecule has 0 aliphatic carbocycles. The number of hydrogen-bond donors (Lipinski definition) is 0. The Morgan fingerprint density at radius 3 is 2.52 bits per heavy atom. The number of aromatic nitrogens is 1. The first kappa shape index (κ1) is 13.9. The molecule has 0 aliphatic heterocycles. The van der Waals surface area contributed by atoms with Gasteiger partial charge in [0.1, 0.15) is 5.15 Å². The highest BCUT2D eigenvalue weighted by Crippen LogP contribution is 2.27. The quantitative estimate of drug-likeness (QED) is 0.636. The van der Waals surface area contributed by atoms with Crippen molar-refractivity contribution < 1.29 is 0 Å². The number of hydrogen-bond acceptors (Lipinski definition) is 2. The Hall–Kier alpha value is -2.06. The van der Waals surface area contributed by atoms with E-state index in [0.717, 1.165) is 18.8 Å². The lowest BCUT2D eigenvalue weighted by atomic mass is 10.1. The Morgan fingerprint density at radius 2 is 1.71 bits per heavy atom. The van der Waals surface area contributed by atoms with E-state index in [2.05, 4.69) is 59.3 Å². The number of anilines is 1. The lowest BCUT2D eigenvalue weighted by Crippen LogP contribution is -2.22. The standard InChI is InChI=1S/C18H17ClN2/c1-2-21(13-15-9-6-12-18(19)20-15)17-11-5-8-14-7-3-4-10-16(14)17/h3-12H,2,13H2,1H3. The predicted octanol–water partition coefficient (Wildman–Crippen LogP) is 4.91. The minimum atomic E-state index is 0.543. The van der Waals surface area contributed by atoms with Crippen LogP contribution in [0.1, 0.15) is 12.6 Å². The van der Waals surface area contributed by atoms with Gasteiger partial charge in [0.2, 0.25) is 0 Å². The molecular weight excluding hydrogens is 280 g/mol. The van der Waals surface area contributed by atoms with Crippen molar-refractivity contribution in [3.05, 3.63) is 71.5 Å². The van der Waals surface area contributed by atoms with E-state index < -0.39 is 0 Å². The van der Waals surface area contributed by atoms with Crippen molar-refractivity contribution in [2.24, 2.45) is 0 Å². The van der Waals surface area contributed by atoms with E-state index in [1.165, 1.54) is 16.5 Å². The Balaban J connectivity index is 1.98. The van der Waals surface area contributed by atoms with Crippen LogP contribution in [0.5, 0.6) is 0 Å². The van der Waals surface area contributed by atoms with Crippen LogP contribution in [-0.4, -0.2) is 11.5 Å². The van der Waals surface area contributed by atoms with Gasteiger partial charge in [0, 0.05) is 17.6 Å². The van der Waals surface area contributed by atoms with Gasteiger partial charge in [0.25, 0.3) is 0 Å². The van der Waals surface area contributed by atoms with Gasteiger partial charge in [-0.2, -0.15) is 0 Å². The lowest BCUT2D eigenvalue weighted by Gasteiger charge is -2.24. The minimum Gasteiger partial charge on any atom is -0.365 e. The fourth-order valence-electron chi connectivity index (χ4n) is 2.59. The van der Waals surface area contributed by atoms with E-state index in [-0.39, 0.29) is 0 Å². The molecule has 3 heteroatoms. The summed E-state index contributed by atoms with van der Waals surface area (Å²) in [4.78, 5) is 6.71. The monoisotopic (exact) mass is 296 g/mol. The molecule has 0 fully saturated rings. The summed E-state index contributed by atoms with van der Waals surface area (Å²) in [7, 11) is 0. The minimum absolute atomic E-state index is 0.543. The molecule has 0 saturated heterocycles. The van der Waals surface area contributed by atoms with E-state index in [1.807, 2.05) is 12.1 Å². The zero-order chi connectivity index (χ0) is 14.7. The van der Waals surface area contributed by atoms with E-state index >= 15 is 0 Å². The van der Waals surface area contributed by atoms with Crippen LogP contribution in [-0.2, 0) is 6.54 Å². The summed E-state index contributed by atoms with van der Waals surface area (Å²) in [5.41, 5.74) is 2.22. The number of rotatable bonds is 4. The molecule has 0 N–H and O–H groups in total. The third kappa shape index (κ3) is 3.01. The van der Waals surface area contributed by atoms with Gasteiger partial charge in [0.05, 0.1) is 12.2 Å². The summed E-state index contributed by atoms with van der Waals surface area (Å²) in [6, 6.07) is 20.6. The van der Waals surface area contributed by atoms with Crippen molar-refractivity contribution in [1.82, 2.24) is 4.98 Å². The lowest BCUT2D eigenvalue weighted by molar-refractivity contribution is 0.813. The topological polar surface area (TPSA) is 16.1 Å². The first-order valence-electron chi connectivity index (χ1n) is 7.12. The van der Waals surface area contributed by atoms with Crippen LogP contribution in [0.25, 0.3) is 10.8 Å². The van der Waals surface area contributed by atoms with Gasteiger partial charge in [-0.3, -0.25) is 0 Å². The first-order valence-corrected chi connectivity index (χ1v) is 7.50. The van der Waals surface area contributed by atoms with Gasteiger partial charge in [-0.15, -0.1) is 0 Å².